The van der Waals surface area contributed by atoms with E-state index in [1.54, 1.807) is 6.07 Å². The monoisotopic (exact) mass is 469 g/mol. The van der Waals surface area contributed by atoms with E-state index in [0.717, 1.165) is 33.2 Å². The third kappa shape index (κ3) is 4.72. The van der Waals surface area contributed by atoms with Crippen LogP contribution in [0, 0.1) is 0 Å². The fourth-order valence-corrected chi connectivity index (χ4v) is 4.34. The maximum Gasteiger partial charge on any atom is 0.240 e. The molecule has 0 aliphatic heterocycles. The Bertz CT molecular complexity index is 1470. The number of carbonyl (C=O) groups excluding carboxylic acids is 1. The molecular formula is C28H27N3O4. The van der Waals surface area contributed by atoms with Gasteiger partial charge in [-0.1, -0.05) is 42.5 Å². The second kappa shape index (κ2) is 9.19. The maximum atomic E-state index is 13.5. The third-order valence-corrected chi connectivity index (χ3v) is 6.34. The second-order valence-corrected chi connectivity index (χ2v) is 8.98. The van der Waals surface area contributed by atoms with Crippen molar-refractivity contribution < 1.29 is 19.4 Å². The number of nitrogens with one attached hydrogen (secondary N) is 3. The van der Waals surface area contributed by atoms with Gasteiger partial charge >= 0.3 is 0 Å². The highest BCUT2D eigenvalue weighted by molar-refractivity contribution is 5.89. The molecule has 5 aromatic rings. The lowest BCUT2D eigenvalue weighted by Gasteiger charge is -2.29. The predicted octanol–water partition coefficient (Wildman–Crippen LogP) is 4.73. The largest absolute Gasteiger partial charge is 0.504 e. The molecule has 0 saturated heterocycles. The van der Waals surface area contributed by atoms with E-state index in [1.807, 2.05) is 67.7 Å². The number of hydrogen-bond acceptors (Lipinski definition) is 5. The van der Waals surface area contributed by atoms with Crippen LogP contribution in [-0.4, -0.2) is 26.6 Å². The minimum Gasteiger partial charge on any atom is -0.504 e. The molecule has 1 amide bonds. The molecule has 0 aliphatic rings. The molecule has 2 heterocycles. The number of phenolic OH excluding ortho intramolecular Hbond substituents is 2. The molecule has 35 heavy (non-hydrogen) atoms. The zero-order valence-corrected chi connectivity index (χ0v) is 19.3. The van der Waals surface area contributed by atoms with E-state index < -0.39 is 5.54 Å². The number of aromatic hydroxyl groups is 2. The Morgan fingerprint density at radius 3 is 2.60 bits per heavy atom. The van der Waals surface area contributed by atoms with E-state index in [-0.39, 0.29) is 24.0 Å². The van der Waals surface area contributed by atoms with Crippen molar-refractivity contribution in [1.82, 2.24) is 15.6 Å². The van der Waals surface area contributed by atoms with E-state index in [4.69, 9.17) is 4.42 Å². The quantitative estimate of drug-likeness (QED) is 0.211. The first-order chi connectivity index (χ1) is 16.9. The van der Waals surface area contributed by atoms with Crippen molar-refractivity contribution in [3.05, 3.63) is 95.9 Å². The molecule has 5 N–H and O–H groups in total. The summed E-state index contributed by atoms with van der Waals surface area (Å²) in [5.74, 6) is 0.136. The molecule has 2 aromatic heterocycles. The first-order valence-electron chi connectivity index (χ1n) is 11.5. The van der Waals surface area contributed by atoms with Crippen molar-refractivity contribution in [2.24, 2.45) is 0 Å². The zero-order valence-electron chi connectivity index (χ0n) is 19.3. The highest BCUT2D eigenvalue weighted by Gasteiger charge is 2.34. The number of para-hydroxylation sites is 2. The van der Waals surface area contributed by atoms with E-state index in [9.17, 15) is 15.0 Å². The standard InChI is InChI=1S/C28H27N3O4/c1-28(14-20-16-29-23-8-4-3-7-22(20)23,27(34)30-15-18-10-11-24(32)25(33)12-18)31-17-21-13-19-6-2-5-9-26(19)35-21/h2-13,16,29,31-33H,14-15,17H2,1H3,(H,30,34). The van der Waals surface area contributed by atoms with Gasteiger partial charge in [0.05, 0.1) is 12.1 Å². The van der Waals surface area contributed by atoms with Crippen molar-refractivity contribution in [2.45, 2.75) is 32.0 Å². The van der Waals surface area contributed by atoms with Gasteiger partial charge in [0.1, 0.15) is 11.3 Å². The van der Waals surface area contributed by atoms with Crippen LogP contribution in [0.1, 0.15) is 23.8 Å². The summed E-state index contributed by atoms with van der Waals surface area (Å²) in [6.07, 6.45) is 2.39. The van der Waals surface area contributed by atoms with Gasteiger partial charge < -0.3 is 24.9 Å². The topological polar surface area (TPSA) is 111 Å². The number of carbonyl (C=O) groups is 1. The zero-order chi connectivity index (χ0) is 24.4. The van der Waals surface area contributed by atoms with E-state index in [1.165, 1.54) is 12.1 Å². The molecule has 7 nitrogen and oxygen atoms in total. The second-order valence-electron chi connectivity index (χ2n) is 8.98. The lowest BCUT2D eigenvalue weighted by Crippen LogP contribution is -2.55. The van der Waals surface area contributed by atoms with Gasteiger partial charge in [-0.2, -0.15) is 0 Å². The third-order valence-electron chi connectivity index (χ3n) is 6.34. The molecule has 0 saturated carbocycles. The Labute approximate surface area is 202 Å². The number of benzene rings is 3. The van der Waals surface area contributed by atoms with Crippen LogP contribution in [-0.2, 0) is 24.3 Å². The van der Waals surface area contributed by atoms with Gasteiger partial charge in [-0.3, -0.25) is 10.1 Å². The number of fused-ring (bicyclic) bond motifs is 2. The Kier molecular flexibility index (Phi) is 5.93. The highest BCUT2D eigenvalue weighted by atomic mass is 16.3. The number of aromatic amines is 1. The Hall–Kier alpha value is -4.23. The van der Waals surface area contributed by atoms with Gasteiger partial charge in [0.15, 0.2) is 11.5 Å². The number of hydrogen-bond donors (Lipinski definition) is 5. The van der Waals surface area contributed by atoms with Crippen LogP contribution in [0.25, 0.3) is 21.9 Å². The van der Waals surface area contributed by atoms with Crippen molar-refractivity contribution in [2.75, 3.05) is 0 Å². The fraction of sp³-hybridized carbons (Fsp3) is 0.179. The van der Waals surface area contributed by atoms with Crippen LogP contribution >= 0.6 is 0 Å². The predicted molar refractivity (Wildman–Crippen MR) is 135 cm³/mol. The molecule has 0 aliphatic carbocycles. The normalized spacial score (nSPS) is 13.2. The van der Waals surface area contributed by atoms with Crippen LogP contribution < -0.4 is 10.6 Å². The van der Waals surface area contributed by atoms with Gasteiger partial charge in [-0.05, 0) is 48.4 Å². The van der Waals surface area contributed by atoms with Crippen molar-refractivity contribution in [3.63, 3.8) is 0 Å². The van der Waals surface area contributed by atoms with Crippen molar-refractivity contribution in [1.29, 1.82) is 0 Å². The molecule has 0 fully saturated rings. The molecule has 0 spiro atoms. The van der Waals surface area contributed by atoms with Gasteiger partial charge in [0, 0.05) is 35.5 Å². The Morgan fingerprint density at radius 1 is 0.971 bits per heavy atom. The van der Waals surface area contributed by atoms with Crippen molar-refractivity contribution >= 4 is 27.8 Å². The number of aromatic nitrogens is 1. The molecule has 0 bridgehead atoms. The molecule has 1 atom stereocenters. The molecular weight excluding hydrogens is 442 g/mol. The molecule has 0 radical (unpaired) electrons. The fourth-order valence-electron chi connectivity index (χ4n) is 4.34. The smallest absolute Gasteiger partial charge is 0.240 e. The summed E-state index contributed by atoms with van der Waals surface area (Å²) in [5.41, 5.74) is 2.57. The lowest BCUT2D eigenvalue weighted by molar-refractivity contribution is -0.127. The minimum atomic E-state index is -0.955. The average molecular weight is 470 g/mol. The first-order valence-corrected chi connectivity index (χ1v) is 11.5. The van der Waals surface area contributed by atoms with Gasteiger partial charge in [0.25, 0.3) is 0 Å². The maximum absolute atomic E-state index is 13.5. The molecule has 1 unspecified atom stereocenters. The van der Waals surface area contributed by atoms with Crippen molar-refractivity contribution in [3.8, 4) is 11.5 Å². The van der Waals surface area contributed by atoms with Gasteiger partial charge in [0.2, 0.25) is 5.91 Å². The number of amides is 1. The number of phenols is 2. The van der Waals surface area contributed by atoms with Crippen LogP contribution in [0.4, 0.5) is 0 Å². The molecule has 3 aromatic carbocycles. The summed E-state index contributed by atoms with van der Waals surface area (Å²) < 4.78 is 5.95. The van der Waals surface area contributed by atoms with E-state index >= 15 is 0 Å². The number of H-pyrrole nitrogens is 1. The number of furan rings is 1. The highest BCUT2D eigenvalue weighted by Crippen LogP contribution is 2.26. The molecule has 7 heteroatoms. The average Bonchev–Trinajstić information content (AvgIpc) is 3.47. The molecule has 178 valence electrons. The van der Waals surface area contributed by atoms with Crippen LogP contribution in [0.2, 0.25) is 0 Å². The summed E-state index contributed by atoms with van der Waals surface area (Å²) in [6.45, 7) is 2.46. The summed E-state index contributed by atoms with van der Waals surface area (Å²) >= 11 is 0. The summed E-state index contributed by atoms with van der Waals surface area (Å²) in [7, 11) is 0. The first kappa shape index (κ1) is 22.6. The summed E-state index contributed by atoms with van der Waals surface area (Å²) in [4.78, 5) is 16.8. The van der Waals surface area contributed by atoms with E-state index in [0.29, 0.717) is 18.5 Å². The Balaban J connectivity index is 1.38. The molecule has 5 rings (SSSR count). The number of rotatable bonds is 8. The SMILES string of the molecule is CC(Cc1c[nH]c2ccccc12)(NCc1cc2ccccc2o1)C(=O)NCc1ccc(O)c(O)c1. The van der Waals surface area contributed by atoms with Crippen LogP contribution in [0.15, 0.2) is 83.4 Å². The van der Waals surface area contributed by atoms with Gasteiger partial charge in [-0.25, -0.2) is 0 Å². The minimum absolute atomic E-state index is 0.188. The van der Waals surface area contributed by atoms with Crippen LogP contribution in [0.3, 0.4) is 0 Å². The van der Waals surface area contributed by atoms with E-state index in [2.05, 4.69) is 15.6 Å². The Morgan fingerprint density at radius 2 is 1.77 bits per heavy atom. The summed E-state index contributed by atoms with van der Waals surface area (Å²) in [6, 6.07) is 22.3. The summed E-state index contributed by atoms with van der Waals surface area (Å²) in [5, 5.41) is 27.8. The van der Waals surface area contributed by atoms with Crippen LogP contribution in [0.5, 0.6) is 11.5 Å². The lowest BCUT2D eigenvalue weighted by atomic mass is 9.91. The van der Waals surface area contributed by atoms with Gasteiger partial charge in [-0.15, -0.1) is 0 Å².